The van der Waals surface area contributed by atoms with E-state index in [2.05, 4.69) is 21.2 Å². The van der Waals surface area contributed by atoms with Gasteiger partial charge in [-0.3, -0.25) is 14.5 Å². The summed E-state index contributed by atoms with van der Waals surface area (Å²) >= 11 is 16.4. The SMILES string of the molecule is COc1ccc(N2C(=O)/C(=C\c3ccc(OCC(=O)Nc4ccc(Br)c(C)c4C)c(OC)c3)SC2=S)cc1Cl. The van der Waals surface area contributed by atoms with E-state index in [1.54, 1.807) is 42.5 Å². The molecule has 1 fully saturated rings. The standard InChI is InChI=1S/C28H24BrClN2O5S2/c1-15-16(2)21(8-7-19(15)29)31-26(33)14-37-23-9-5-17(11-24(23)36-4)12-25-27(34)32(28(38)39-25)18-6-10-22(35-3)20(30)13-18/h5-13H,14H2,1-4H3,(H,31,33)/b25-12+. The predicted octanol–water partition coefficient (Wildman–Crippen LogP) is 7.16. The van der Waals surface area contributed by atoms with Crippen molar-refractivity contribution in [2.45, 2.75) is 13.8 Å². The Balaban J connectivity index is 1.46. The number of thioether (sulfide) groups is 1. The molecule has 3 aromatic rings. The fourth-order valence-corrected chi connectivity index (χ4v) is 5.76. The minimum atomic E-state index is -0.298. The number of amides is 2. The van der Waals surface area contributed by atoms with Crippen LogP contribution in [0, 0.1) is 13.8 Å². The molecule has 0 bridgehead atoms. The summed E-state index contributed by atoms with van der Waals surface area (Å²) in [6.07, 6.45) is 1.72. The lowest BCUT2D eigenvalue weighted by molar-refractivity contribution is -0.118. The molecule has 1 heterocycles. The van der Waals surface area contributed by atoms with E-state index in [1.807, 2.05) is 26.0 Å². The molecule has 0 unspecified atom stereocenters. The van der Waals surface area contributed by atoms with Crippen molar-refractivity contribution in [3.05, 3.63) is 79.6 Å². The van der Waals surface area contributed by atoms with Gasteiger partial charge in [-0.25, -0.2) is 0 Å². The second kappa shape index (κ2) is 12.4. The van der Waals surface area contributed by atoms with Gasteiger partial charge in [-0.05, 0) is 79.1 Å². The van der Waals surface area contributed by atoms with E-state index in [0.29, 0.717) is 42.7 Å². The minimum absolute atomic E-state index is 0.201. The molecule has 39 heavy (non-hydrogen) atoms. The van der Waals surface area contributed by atoms with E-state index in [1.165, 1.54) is 30.9 Å². The minimum Gasteiger partial charge on any atom is -0.495 e. The molecular formula is C28H24BrClN2O5S2. The Hall–Kier alpha value is -3.05. The molecule has 1 aliphatic rings. The van der Waals surface area contributed by atoms with Crippen LogP contribution in [-0.2, 0) is 9.59 Å². The average Bonchev–Trinajstić information content (AvgIpc) is 3.20. The molecular weight excluding hydrogens is 624 g/mol. The van der Waals surface area contributed by atoms with Gasteiger partial charge in [0.15, 0.2) is 22.4 Å². The maximum atomic E-state index is 13.2. The Morgan fingerprint density at radius 3 is 2.46 bits per heavy atom. The van der Waals surface area contributed by atoms with Crippen molar-refractivity contribution in [1.82, 2.24) is 0 Å². The summed E-state index contributed by atoms with van der Waals surface area (Å²) in [7, 11) is 3.03. The molecule has 7 nitrogen and oxygen atoms in total. The van der Waals surface area contributed by atoms with E-state index in [9.17, 15) is 9.59 Å². The van der Waals surface area contributed by atoms with Crippen LogP contribution >= 0.6 is 51.5 Å². The second-order valence-electron chi connectivity index (χ2n) is 8.43. The van der Waals surface area contributed by atoms with Crippen molar-refractivity contribution >= 4 is 85.1 Å². The molecule has 0 aliphatic carbocycles. The monoisotopic (exact) mass is 646 g/mol. The number of carbonyl (C=O) groups excluding carboxylic acids is 2. The number of nitrogens with one attached hydrogen (secondary N) is 1. The zero-order valence-corrected chi connectivity index (χ0v) is 25.4. The van der Waals surface area contributed by atoms with Crippen molar-refractivity contribution in [2.75, 3.05) is 31.0 Å². The van der Waals surface area contributed by atoms with Crippen LogP contribution in [0.1, 0.15) is 16.7 Å². The van der Waals surface area contributed by atoms with Crippen LogP contribution in [0.15, 0.2) is 57.9 Å². The van der Waals surface area contributed by atoms with E-state index in [0.717, 1.165) is 21.3 Å². The number of anilines is 2. The van der Waals surface area contributed by atoms with Gasteiger partial charge in [0.1, 0.15) is 5.75 Å². The van der Waals surface area contributed by atoms with Crippen LogP contribution < -0.4 is 24.4 Å². The number of thiocarbonyl (C=S) groups is 1. The van der Waals surface area contributed by atoms with Crippen LogP contribution in [0.2, 0.25) is 5.02 Å². The van der Waals surface area contributed by atoms with Crippen molar-refractivity contribution in [3.63, 3.8) is 0 Å². The molecule has 0 aromatic heterocycles. The number of carbonyl (C=O) groups is 2. The predicted molar refractivity (Wildman–Crippen MR) is 164 cm³/mol. The average molecular weight is 648 g/mol. The van der Waals surface area contributed by atoms with Crippen LogP contribution in [-0.4, -0.2) is 37.0 Å². The van der Waals surface area contributed by atoms with Gasteiger partial charge in [-0.2, -0.15) is 0 Å². The number of hydrogen-bond acceptors (Lipinski definition) is 7. The second-order valence-corrected chi connectivity index (χ2v) is 11.4. The summed E-state index contributed by atoms with van der Waals surface area (Å²) in [5, 5.41) is 3.25. The molecule has 202 valence electrons. The van der Waals surface area contributed by atoms with Gasteiger partial charge in [0, 0.05) is 10.2 Å². The number of hydrogen-bond donors (Lipinski definition) is 1. The lowest BCUT2D eigenvalue weighted by Gasteiger charge is -2.15. The summed E-state index contributed by atoms with van der Waals surface area (Å²) in [6.45, 7) is 3.72. The first-order valence-electron chi connectivity index (χ1n) is 11.6. The first kappa shape index (κ1) is 28.9. The Labute approximate surface area is 249 Å². The van der Waals surface area contributed by atoms with Crippen LogP contribution in [0.25, 0.3) is 6.08 Å². The van der Waals surface area contributed by atoms with E-state index >= 15 is 0 Å². The quantitative estimate of drug-likeness (QED) is 0.205. The van der Waals surface area contributed by atoms with Gasteiger partial charge in [-0.15, -0.1) is 0 Å². The maximum absolute atomic E-state index is 13.2. The number of rotatable bonds is 8. The lowest BCUT2D eigenvalue weighted by Crippen LogP contribution is -2.27. The number of methoxy groups -OCH3 is 2. The Morgan fingerprint density at radius 1 is 1.05 bits per heavy atom. The summed E-state index contributed by atoms with van der Waals surface area (Å²) in [6, 6.07) is 14.0. The van der Waals surface area contributed by atoms with Crippen molar-refractivity contribution in [3.8, 4) is 17.2 Å². The first-order chi connectivity index (χ1) is 18.6. The number of halogens is 2. The highest BCUT2D eigenvalue weighted by Gasteiger charge is 2.33. The topological polar surface area (TPSA) is 77.1 Å². The van der Waals surface area contributed by atoms with Gasteiger partial charge < -0.3 is 19.5 Å². The van der Waals surface area contributed by atoms with Gasteiger partial charge in [0.2, 0.25) is 0 Å². The summed E-state index contributed by atoms with van der Waals surface area (Å²) in [5.41, 5.74) is 4.01. The zero-order chi connectivity index (χ0) is 28.3. The highest BCUT2D eigenvalue weighted by Crippen LogP contribution is 2.39. The van der Waals surface area contributed by atoms with Crippen LogP contribution in [0.3, 0.4) is 0 Å². The van der Waals surface area contributed by atoms with Gasteiger partial charge >= 0.3 is 0 Å². The molecule has 2 amide bonds. The van der Waals surface area contributed by atoms with Crippen molar-refractivity contribution < 1.29 is 23.8 Å². The lowest BCUT2D eigenvalue weighted by atomic mass is 10.1. The third kappa shape index (κ3) is 6.41. The highest BCUT2D eigenvalue weighted by atomic mass is 79.9. The smallest absolute Gasteiger partial charge is 0.270 e. The Bertz CT molecular complexity index is 1510. The Kier molecular flexibility index (Phi) is 9.22. The Morgan fingerprint density at radius 2 is 1.77 bits per heavy atom. The maximum Gasteiger partial charge on any atom is 0.270 e. The molecule has 1 saturated heterocycles. The van der Waals surface area contributed by atoms with E-state index in [4.69, 9.17) is 38.0 Å². The molecule has 3 aromatic carbocycles. The summed E-state index contributed by atoms with van der Waals surface area (Å²) in [4.78, 5) is 27.6. The van der Waals surface area contributed by atoms with Gasteiger partial charge in [0.25, 0.3) is 11.8 Å². The van der Waals surface area contributed by atoms with Gasteiger partial charge in [-0.1, -0.05) is 57.6 Å². The van der Waals surface area contributed by atoms with Crippen molar-refractivity contribution in [1.29, 1.82) is 0 Å². The zero-order valence-electron chi connectivity index (χ0n) is 21.5. The molecule has 1 N–H and O–H groups in total. The van der Waals surface area contributed by atoms with E-state index < -0.39 is 0 Å². The number of ether oxygens (including phenoxy) is 3. The van der Waals surface area contributed by atoms with Crippen molar-refractivity contribution in [2.24, 2.45) is 0 Å². The first-order valence-corrected chi connectivity index (χ1v) is 14.0. The summed E-state index contributed by atoms with van der Waals surface area (Å²) in [5.74, 6) is 0.763. The fraction of sp³-hybridized carbons (Fsp3) is 0.179. The molecule has 0 atom stereocenters. The molecule has 1 aliphatic heterocycles. The van der Waals surface area contributed by atoms with Crippen LogP contribution in [0.5, 0.6) is 17.2 Å². The summed E-state index contributed by atoms with van der Waals surface area (Å²) < 4.78 is 17.8. The molecule has 0 spiro atoms. The normalized spacial score (nSPS) is 14.1. The number of nitrogens with zero attached hydrogens (tertiary/aromatic N) is 1. The van der Waals surface area contributed by atoms with E-state index in [-0.39, 0.29) is 18.4 Å². The van der Waals surface area contributed by atoms with Gasteiger partial charge in [0.05, 0.1) is 29.8 Å². The van der Waals surface area contributed by atoms with Crippen LogP contribution in [0.4, 0.5) is 11.4 Å². The third-order valence-electron chi connectivity index (χ3n) is 6.03. The molecule has 11 heteroatoms. The largest absolute Gasteiger partial charge is 0.495 e. The highest BCUT2D eigenvalue weighted by molar-refractivity contribution is 9.10. The fourth-order valence-electron chi connectivity index (χ4n) is 3.78. The molecule has 0 saturated carbocycles. The molecule has 0 radical (unpaired) electrons. The molecule has 4 rings (SSSR count). The number of benzene rings is 3. The third-order valence-corrected chi connectivity index (χ3v) is 8.48.